The topological polar surface area (TPSA) is 24.1 Å². The first-order valence-electron chi connectivity index (χ1n) is 9.35. The number of hydrogen-bond acceptors (Lipinski definition) is 2. The van der Waals surface area contributed by atoms with E-state index in [1.54, 1.807) is 0 Å². The van der Waals surface area contributed by atoms with E-state index in [4.69, 9.17) is 0 Å². The molecule has 2 N–H and O–H groups in total. The Morgan fingerprint density at radius 1 is 1.03 bits per heavy atom. The zero-order valence-corrected chi connectivity index (χ0v) is 16.7. The number of halogens is 4. The van der Waals surface area contributed by atoms with Crippen molar-refractivity contribution in [2.45, 2.75) is 33.4 Å². The van der Waals surface area contributed by atoms with Gasteiger partial charge in [-0.3, -0.25) is 0 Å². The Morgan fingerprint density at radius 3 is 2.24 bits per heavy atom. The van der Waals surface area contributed by atoms with Gasteiger partial charge in [0.15, 0.2) is 5.82 Å². The van der Waals surface area contributed by atoms with E-state index in [9.17, 15) is 17.6 Å². The monoisotopic (exact) mass is 404 g/mol. The van der Waals surface area contributed by atoms with E-state index in [0.29, 0.717) is 11.6 Å². The largest absolute Gasteiger partial charge is 0.359 e. The van der Waals surface area contributed by atoms with E-state index in [0.717, 1.165) is 24.3 Å². The number of allylic oxidation sites excluding steroid dienone is 2. The summed E-state index contributed by atoms with van der Waals surface area (Å²) in [5, 5.41) is 5.47. The van der Waals surface area contributed by atoms with Gasteiger partial charge < -0.3 is 10.6 Å². The first kappa shape index (κ1) is 21.0. The minimum Gasteiger partial charge on any atom is -0.359 e. The highest BCUT2D eigenvalue weighted by Crippen LogP contribution is 2.55. The molecule has 0 aliphatic heterocycles. The molecule has 2 aromatic rings. The fourth-order valence-corrected chi connectivity index (χ4v) is 3.28. The maximum absolute atomic E-state index is 15.0. The Balaban J connectivity index is 1.94. The smallest absolute Gasteiger partial charge is 0.157 e. The summed E-state index contributed by atoms with van der Waals surface area (Å²) >= 11 is 0. The van der Waals surface area contributed by atoms with E-state index in [2.05, 4.69) is 37.6 Å². The molecule has 0 heterocycles. The molecule has 154 valence electrons. The van der Waals surface area contributed by atoms with Crippen molar-refractivity contribution in [1.82, 2.24) is 0 Å². The summed E-state index contributed by atoms with van der Waals surface area (Å²) < 4.78 is 56.9. The van der Waals surface area contributed by atoms with Crippen molar-refractivity contribution in [3.8, 4) is 11.1 Å². The van der Waals surface area contributed by atoms with Crippen LogP contribution in [0.15, 0.2) is 54.9 Å². The quantitative estimate of drug-likeness (QED) is 0.484. The standard InChI is InChI=1S/C23H24F4N2/c1-12(24)13(2)29-22-20(26)9-7-16(21(22)27)17-10-15(6-8-19(17)25)28-14(3)18-11-23(18,4)5/h6-10,12,18,28-29H,2-3,11H2,1,4-5H3. The van der Waals surface area contributed by atoms with Crippen molar-refractivity contribution in [1.29, 1.82) is 0 Å². The Kier molecular flexibility index (Phi) is 5.48. The van der Waals surface area contributed by atoms with Gasteiger partial charge in [0.25, 0.3) is 0 Å². The molecule has 0 saturated heterocycles. The van der Waals surface area contributed by atoms with Crippen molar-refractivity contribution >= 4 is 11.4 Å². The number of benzene rings is 2. The summed E-state index contributed by atoms with van der Waals surface area (Å²) in [7, 11) is 0. The molecular formula is C23H24F4N2. The fraction of sp³-hybridized carbons (Fsp3) is 0.304. The van der Waals surface area contributed by atoms with E-state index < -0.39 is 29.3 Å². The molecule has 2 aromatic carbocycles. The van der Waals surface area contributed by atoms with Gasteiger partial charge >= 0.3 is 0 Å². The van der Waals surface area contributed by atoms with E-state index in [1.165, 1.54) is 25.1 Å². The molecule has 0 spiro atoms. The third kappa shape index (κ3) is 4.31. The minimum atomic E-state index is -1.51. The molecule has 1 aliphatic rings. The highest BCUT2D eigenvalue weighted by Gasteiger charge is 2.47. The molecule has 0 amide bonds. The Hall–Kier alpha value is -2.76. The van der Waals surface area contributed by atoms with E-state index in [1.807, 2.05) is 0 Å². The van der Waals surface area contributed by atoms with Crippen LogP contribution < -0.4 is 10.6 Å². The number of hydrogen-bond donors (Lipinski definition) is 2. The van der Waals surface area contributed by atoms with E-state index in [-0.39, 0.29) is 22.2 Å². The maximum atomic E-state index is 15.0. The lowest BCUT2D eigenvalue weighted by Gasteiger charge is -2.16. The SMILES string of the molecule is C=C(Nc1c(F)ccc(-c2cc(NC(=C)C3CC3(C)C)ccc2F)c1F)C(C)F. The average Bonchev–Trinajstić information content (AvgIpc) is 3.29. The van der Waals surface area contributed by atoms with Crippen LogP contribution in [0.2, 0.25) is 0 Å². The summed E-state index contributed by atoms with van der Waals surface area (Å²) in [6, 6.07) is 6.34. The third-order valence-corrected chi connectivity index (χ3v) is 5.35. The van der Waals surface area contributed by atoms with Crippen LogP contribution in [0.5, 0.6) is 0 Å². The molecule has 2 nitrogen and oxygen atoms in total. The van der Waals surface area contributed by atoms with Crippen molar-refractivity contribution in [3.63, 3.8) is 0 Å². The molecule has 0 aromatic heterocycles. The second-order valence-electron chi connectivity index (χ2n) is 8.14. The first-order valence-corrected chi connectivity index (χ1v) is 9.35. The van der Waals surface area contributed by atoms with Crippen LogP contribution in [0.4, 0.5) is 28.9 Å². The second kappa shape index (κ2) is 7.58. The van der Waals surface area contributed by atoms with Gasteiger partial charge in [-0.25, -0.2) is 17.6 Å². The van der Waals surface area contributed by atoms with Gasteiger partial charge in [-0.15, -0.1) is 0 Å². The zero-order valence-electron chi connectivity index (χ0n) is 16.7. The van der Waals surface area contributed by atoms with Gasteiger partial charge in [-0.05, 0) is 49.1 Å². The van der Waals surface area contributed by atoms with Gasteiger partial charge in [0.05, 0.1) is 0 Å². The molecule has 0 radical (unpaired) electrons. The minimum absolute atomic E-state index is 0.0442. The summed E-state index contributed by atoms with van der Waals surface area (Å²) in [5.74, 6) is -2.30. The maximum Gasteiger partial charge on any atom is 0.157 e. The van der Waals surface area contributed by atoms with Crippen LogP contribution >= 0.6 is 0 Å². The predicted octanol–water partition coefficient (Wildman–Crippen LogP) is 7.03. The lowest BCUT2D eigenvalue weighted by molar-refractivity contribution is 0.413. The Bertz CT molecular complexity index is 979. The van der Waals surface area contributed by atoms with Crippen molar-refractivity contribution < 1.29 is 17.6 Å². The Morgan fingerprint density at radius 2 is 1.66 bits per heavy atom. The average molecular weight is 404 g/mol. The summed E-state index contributed by atoms with van der Waals surface area (Å²) in [6.07, 6.45) is -0.509. The van der Waals surface area contributed by atoms with Crippen LogP contribution in [-0.4, -0.2) is 6.17 Å². The molecule has 6 heteroatoms. The summed E-state index contributed by atoms with van der Waals surface area (Å²) in [5.41, 5.74) is 0.575. The predicted molar refractivity (Wildman–Crippen MR) is 110 cm³/mol. The van der Waals surface area contributed by atoms with Gasteiger partial charge in [0.1, 0.15) is 23.5 Å². The van der Waals surface area contributed by atoms with Crippen molar-refractivity contribution in [2.75, 3.05) is 10.6 Å². The molecule has 1 aliphatic carbocycles. The second-order valence-corrected chi connectivity index (χ2v) is 8.14. The number of anilines is 2. The van der Waals surface area contributed by atoms with Crippen LogP contribution in [0.25, 0.3) is 11.1 Å². The summed E-state index contributed by atoms with van der Waals surface area (Å²) in [6.45, 7) is 12.9. The normalized spacial score (nSPS) is 18.1. The van der Waals surface area contributed by atoms with Crippen LogP contribution in [-0.2, 0) is 0 Å². The molecule has 1 fully saturated rings. The molecule has 3 rings (SSSR count). The fourth-order valence-electron chi connectivity index (χ4n) is 3.28. The highest BCUT2D eigenvalue weighted by atomic mass is 19.1. The Labute approximate surface area is 168 Å². The van der Waals surface area contributed by atoms with Gasteiger partial charge in [-0.2, -0.15) is 0 Å². The molecule has 29 heavy (non-hydrogen) atoms. The number of rotatable bonds is 7. The molecule has 2 unspecified atom stereocenters. The van der Waals surface area contributed by atoms with E-state index >= 15 is 0 Å². The van der Waals surface area contributed by atoms with Crippen LogP contribution in [0.3, 0.4) is 0 Å². The molecule has 1 saturated carbocycles. The lowest BCUT2D eigenvalue weighted by atomic mass is 10.0. The molecule has 0 bridgehead atoms. The van der Waals surface area contributed by atoms with Gasteiger partial charge in [0.2, 0.25) is 0 Å². The summed E-state index contributed by atoms with van der Waals surface area (Å²) in [4.78, 5) is 0. The third-order valence-electron chi connectivity index (χ3n) is 5.35. The van der Waals surface area contributed by atoms with Crippen LogP contribution in [0.1, 0.15) is 27.2 Å². The molecule has 2 atom stereocenters. The van der Waals surface area contributed by atoms with Crippen LogP contribution in [0, 0.1) is 28.8 Å². The van der Waals surface area contributed by atoms with Gasteiger partial charge in [-0.1, -0.05) is 27.0 Å². The number of alkyl halides is 1. The van der Waals surface area contributed by atoms with Crippen molar-refractivity contribution in [3.05, 3.63) is 72.3 Å². The highest BCUT2D eigenvalue weighted by molar-refractivity contribution is 5.74. The number of nitrogens with one attached hydrogen (secondary N) is 2. The zero-order chi connectivity index (χ0) is 21.5. The van der Waals surface area contributed by atoms with Gasteiger partial charge in [0, 0.05) is 34.1 Å². The molecular weight excluding hydrogens is 380 g/mol. The lowest BCUT2D eigenvalue weighted by Crippen LogP contribution is -2.11. The first-order chi connectivity index (χ1) is 13.5. The van der Waals surface area contributed by atoms with Crippen molar-refractivity contribution in [2.24, 2.45) is 11.3 Å².